The van der Waals surface area contributed by atoms with Gasteiger partial charge in [0, 0.05) is 5.69 Å². The van der Waals surface area contributed by atoms with E-state index in [0.717, 1.165) is 29.3 Å². The lowest BCUT2D eigenvalue weighted by atomic mass is 10.0. The molecule has 196 valence electrons. The molecule has 0 fully saturated rings. The summed E-state index contributed by atoms with van der Waals surface area (Å²) in [5.41, 5.74) is 1.94. The first-order valence-electron chi connectivity index (χ1n) is 11.8. The van der Waals surface area contributed by atoms with Crippen LogP contribution in [-0.4, -0.2) is 20.4 Å². The minimum Gasteiger partial charge on any atom is -0.324 e. The van der Waals surface area contributed by atoms with Crippen LogP contribution in [0.2, 0.25) is 0 Å². The van der Waals surface area contributed by atoms with Gasteiger partial charge in [-0.2, -0.15) is 17.9 Å². The van der Waals surface area contributed by atoms with Crippen LogP contribution in [0.5, 0.6) is 0 Å². The molecule has 0 aliphatic carbocycles. The molecule has 0 aliphatic rings. The summed E-state index contributed by atoms with van der Waals surface area (Å²) in [4.78, 5) is 12.9. The molecule has 0 spiro atoms. The molecule has 9 heteroatoms. The third kappa shape index (κ3) is 7.08. The number of halogens is 3. The van der Waals surface area contributed by atoms with Crippen molar-refractivity contribution < 1.29 is 26.4 Å². The highest BCUT2D eigenvalue weighted by molar-refractivity contribution is 7.89. The van der Waals surface area contributed by atoms with Gasteiger partial charge >= 0.3 is 6.18 Å². The fourth-order valence-electron chi connectivity index (χ4n) is 3.96. The maximum atomic E-state index is 13.4. The molecule has 0 aromatic heterocycles. The van der Waals surface area contributed by atoms with E-state index in [0.29, 0.717) is 23.7 Å². The Morgan fingerprint density at radius 1 is 0.763 bits per heavy atom. The lowest BCUT2D eigenvalue weighted by Crippen LogP contribution is -2.45. The number of amides is 1. The minimum absolute atomic E-state index is 0.00822. The van der Waals surface area contributed by atoms with Gasteiger partial charge in [0.2, 0.25) is 15.9 Å². The van der Waals surface area contributed by atoms with Gasteiger partial charge in [-0.3, -0.25) is 4.79 Å². The van der Waals surface area contributed by atoms with Gasteiger partial charge in [-0.15, -0.1) is 0 Å². The molecule has 1 atom stereocenters. The van der Waals surface area contributed by atoms with Crippen LogP contribution in [0.25, 0.3) is 0 Å². The first-order chi connectivity index (χ1) is 18.1. The van der Waals surface area contributed by atoms with Crippen molar-refractivity contribution in [2.24, 2.45) is 0 Å². The fourth-order valence-corrected chi connectivity index (χ4v) is 5.21. The smallest absolute Gasteiger partial charge is 0.324 e. The second-order valence-corrected chi connectivity index (χ2v) is 10.4. The molecule has 1 unspecified atom stereocenters. The van der Waals surface area contributed by atoms with Gasteiger partial charge in [0.25, 0.3) is 0 Å². The minimum atomic E-state index is -4.71. The number of hydrogen-bond acceptors (Lipinski definition) is 3. The van der Waals surface area contributed by atoms with Gasteiger partial charge < -0.3 is 5.32 Å². The zero-order chi connectivity index (χ0) is 27.2. The van der Waals surface area contributed by atoms with Gasteiger partial charge in [-0.1, -0.05) is 84.9 Å². The number of rotatable bonds is 9. The molecule has 0 bridgehead atoms. The van der Waals surface area contributed by atoms with E-state index >= 15 is 0 Å². The number of alkyl halides is 3. The Morgan fingerprint density at radius 3 is 2.03 bits per heavy atom. The molecule has 0 saturated heterocycles. The second kappa shape index (κ2) is 11.6. The molecular formula is C29H25F3N2O3S. The van der Waals surface area contributed by atoms with Crippen molar-refractivity contribution in [3.8, 4) is 0 Å². The van der Waals surface area contributed by atoms with E-state index in [-0.39, 0.29) is 6.42 Å². The van der Waals surface area contributed by atoms with Crippen LogP contribution in [0, 0.1) is 0 Å². The number of carbonyl (C=O) groups is 1. The molecule has 38 heavy (non-hydrogen) atoms. The van der Waals surface area contributed by atoms with E-state index in [1.807, 2.05) is 42.5 Å². The average molecular weight is 539 g/mol. The van der Waals surface area contributed by atoms with E-state index < -0.39 is 38.6 Å². The predicted molar refractivity (Wildman–Crippen MR) is 140 cm³/mol. The van der Waals surface area contributed by atoms with Crippen LogP contribution in [0.4, 0.5) is 18.9 Å². The van der Waals surface area contributed by atoms with E-state index in [4.69, 9.17) is 0 Å². The van der Waals surface area contributed by atoms with Crippen molar-refractivity contribution in [3.05, 3.63) is 131 Å². The molecule has 0 saturated carbocycles. The number of hydrogen-bond donors (Lipinski definition) is 2. The number of sulfonamides is 1. The molecular weight excluding hydrogens is 513 g/mol. The van der Waals surface area contributed by atoms with Crippen LogP contribution in [0.3, 0.4) is 0 Å². The van der Waals surface area contributed by atoms with E-state index in [1.165, 1.54) is 0 Å². The lowest BCUT2D eigenvalue weighted by Gasteiger charge is -2.20. The molecule has 0 radical (unpaired) electrons. The van der Waals surface area contributed by atoms with E-state index in [2.05, 4.69) is 10.0 Å². The van der Waals surface area contributed by atoms with Gasteiger partial charge in [0.05, 0.1) is 10.5 Å². The summed E-state index contributed by atoms with van der Waals surface area (Å²) in [6, 6.07) is 27.7. The predicted octanol–water partition coefficient (Wildman–Crippen LogP) is 5.82. The quantitative estimate of drug-likeness (QED) is 0.282. The van der Waals surface area contributed by atoms with Crippen LogP contribution in [0.15, 0.2) is 114 Å². The molecule has 2 N–H and O–H groups in total. The summed E-state index contributed by atoms with van der Waals surface area (Å²) in [6.07, 6.45) is -4.18. The van der Waals surface area contributed by atoms with Crippen LogP contribution in [-0.2, 0) is 33.8 Å². The van der Waals surface area contributed by atoms with Crippen molar-refractivity contribution in [3.63, 3.8) is 0 Å². The highest BCUT2D eigenvalue weighted by atomic mass is 32.2. The first kappa shape index (κ1) is 27.1. The van der Waals surface area contributed by atoms with Gasteiger partial charge in [0.1, 0.15) is 6.04 Å². The maximum absolute atomic E-state index is 13.4. The Hall–Kier alpha value is -3.95. The zero-order valence-electron chi connectivity index (χ0n) is 20.2. The SMILES string of the molecule is O=C(Nc1ccccc1Cc1ccccc1)C(Cc1ccccc1)NS(=O)(=O)c1cccc(C(F)(F)F)c1. The highest BCUT2D eigenvalue weighted by Gasteiger charge is 2.33. The third-order valence-electron chi connectivity index (χ3n) is 5.88. The summed E-state index contributed by atoms with van der Waals surface area (Å²) >= 11 is 0. The molecule has 4 aromatic rings. The number of nitrogens with one attached hydrogen (secondary N) is 2. The molecule has 1 amide bonds. The van der Waals surface area contributed by atoms with Gasteiger partial charge in [-0.05, 0) is 53.8 Å². The highest BCUT2D eigenvalue weighted by Crippen LogP contribution is 2.30. The number of para-hydroxylation sites is 1. The Morgan fingerprint density at radius 2 is 1.37 bits per heavy atom. The lowest BCUT2D eigenvalue weighted by molar-refractivity contribution is -0.137. The van der Waals surface area contributed by atoms with Crippen LogP contribution < -0.4 is 10.0 Å². The van der Waals surface area contributed by atoms with E-state index in [9.17, 15) is 26.4 Å². The standard InChI is InChI=1S/C29H25F3N2O3S/c30-29(31,32)24-15-9-16-25(20-24)38(36,37)34-27(19-22-12-5-2-6-13-22)28(35)33-26-17-8-7-14-23(26)18-21-10-3-1-4-11-21/h1-17,20,27,34H,18-19H2,(H,33,35). The monoisotopic (exact) mass is 538 g/mol. The Balaban J connectivity index is 1.61. The van der Waals surface area contributed by atoms with Crippen LogP contribution >= 0.6 is 0 Å². The third-order valence-corrected chi connectivity index (χ3v) is 7.35. The zero-order valence-corrected chi connectivity index (χ0v) is 21.0. The first-order valence-corrected chi connectivity index (χ1v) is 13.3. The van der Waals surface area contributed by atoms with Gasteiger partial charge in [-0.25, -0.2) is 8.42 Å². The van der Waals surface area contributed by atoms with Crippen molar-refractivity contribution in [1.29, 1.82) is 0 Å². The number of carbonyl (C=O) groups excluding carboxylic acids is 1. The summed E-state index contributed by atoms with van der Waals surface area (Å²) in [5.74, 6) is -0.634. The van der Waals surface area contributed by atoms with Crippen LogP contribution in [0.1, 0.15) is 22.3 Å². The molecule has 5 nitrogen and oxygen atoms in total. The molecule has 0 aliphatic heterocycles. The summed E-state index contributed by atoms with van der Waals surface area (Å²) in [5, 5.41) is 2.81. The average Bonchev–Trinajstić information content (AvgIpc) is 2.90. The number of anilines is 1. The maximum Gasteiger partial charge on any atom is 0.416 e. The Labute approximate surface area is 219 Å². The van der Waals surface area contributed by atoms with Crippen molar-refractivity contribution >= 4 is 21.6 Å². The largest absolute Gasteiger partial charge is 0.416 e. The Bertz CT molecular complexity index is 1490. The normalized spacial score (nSPS) is 12.6. The summed E-state index contributed by atoms with van der Waals surface area (Å²) in [6.45, 7) is 0. The van der Waals surface area contributed by atoms with Crippen molar-refractivity contribution in [2.75, 3.05) is 5.32 Å². The van der Waals surface area contributed by atoms with Gasteiger partial charge in [0.15, 0.2) is 0 Å². The molecule has 4 rings (SSSR count). The summed E-state index contributed by atoms with van der Waals surface area (Å²) in [7, 11) is -4.47. The molecule has 4 aromatic carbocycles. The van der Waals surface area contributed by atoms with Crippen molar-refractivity contribution in [2.45, 2.75) is 30.0 Å². The topological polar surface area (TPSA) is 75.3 Å². The van der Waals surface area contributed by atoms with Crippen molar-refractivity contribution in [1.82, 2.24) is 4.72 Å². The van der Waals surface area contributed by atoms with E-state index in [1.54, 1.807) is 42.5 Å². The fraction of sp³-hybridized carbons (Fsp3) is 0.138. The number of benzene rings is 4. The summed E-state index contributed by atoms with van der Waals surface area (Å²) < 4.78 is 68.1. The Kier molecular flexibility index (Phi) is 8.29. The second-order valence-electron chi connectivity index (χ2n) is 8.70. The molecule has 0 heterocycles.